The van der Waals surface area contributed by atoms with E-state index in [2.05, 4.69) is 0 Å². The van der Waals surface area contributed by atoms with E-state index in [1.54, 1.807) is 24.3 Å². The number of carbonyl (C=O) groups is 2. The number of nitrogens with zero attached hydrogens (tertiary/aromatic N) is 2. The van der Waals surface area contributed by atoms with Crippen LogP contribution in [0.15, 0.2) is 22.8 Å². The normalized spacial score (nSPS) is 14.5. The van der Waals surface area contributed by atoms with E-state index in [9.17, 15) is 9.59 Å². The first-order chi connectivity index (χ1) is 9.56. The van der Waals surface area contributed by atoms with Gasteiger partial charge in [-0.15, -0.1) is 0 Å². The van der Waals surface area contributed by atoms with Gasteiger partial charge in [0.25, 0.3) is 0 Å². The smallest absolute Gasteiger partial charge is 0.304 e. The average molecular weight is 280 g/mol. The molecule has 0 saturated heterocycles. The maximum Gasteiger partial charge on any atom is 0.304 e. The van der Waals surface area contributed by atoms with Crippen molar-refractivity contribution in [3.8, 4) is 0 Å². The van der Waals surface area contributed by atoms with Crippen molar-refractivity contribution >= 4 is 11.9 Å². The van der Waals surface area contributed by atoms with Crippen LogP contribution in [-0.4, -0.2) is 53.0 Å². The van der Waals surface area contributed by atoms with E-state index in [0.717, 1.165) is 18.6 Å². The molecule has 0 atom stereocenters. The zero-order chi connectivity index (χ0) is 14.5. The van der Waals surface area contributed by atoms with Gasteiger partial charge in [-0.25, -0.2) is 0 Å². The van der Waals surface area contributed by atoms with Crippen molar-refractivity contribution in [1.82, 2.24) is 9.80 Å². The highest BCUT2D eigenvalue weighted by Gasteiger charge is 2.31. The standard InChI is InChI=1S/C14H20N2O4/c1-15(9-12-3-2-8-20-12)13(17)10-16(11-4-5-11)7-6-14(18)19/h2-3,8,11H,4-7,9-10H2,1H3,(H,18,19). The van der Waals surface area contributed by atoms with Crippen molar-refractivity contribution in [3.63, 3.8) is 0 Å². The summed E-state index contributed by atoms with van der Waals surface area (Å²) >= 11 is 0. The Hall–Kier alpha value is -1.82. The van der Waals surface area contributed by atoms with Crippen LogP contribution in [-0.2, 0) is 16.1 Å². The lowest BCUT2D eigenvalue weighted by atomic mass is 10.3. The van der Waals surface area contributed by atoms with Gasteiger partial charge in [0.2, 0.25) is 5.91 Å². The fourth-order valence-electron chi connectivity index (χ4n) is 2.09. The number of carbonyl (C=O) groups excluding carboxylic acids is 1. The Balaban J connectivity index is 1.82. The highest BCUT2D eigenvalue weighted by Crippen LogP contribution is 2.26. The number of hydrogen-bond acceptors (Lipinski definition) is 4. The lowest BCUT2D eigenvalue weighted by Gasteiger charge is -2.24. The summed E-state index contributed by atoms with van der Waals surface area (Å²) in [6.45, 7) is 1.14. The van der Waals surface area contributed by atoms with Gasteiger partial charge in [0, 0.05) is 19.6 Å². The molecule has 0 aliphatic heterocycles. The van der Waals surface area contributed by atoms with E-state index in [4.69, 9.17) is 9.52 Å². The third-order valence-electron chi connectivity index (χ3n) is 3.41. The lowest BCUT2D eigenvalue weighted by Crippen LogP contribution is -2.40. The molecule has 110 valence electrons. The van der Waals surface area contributed by atoms with E-state index < -0.39 is 5.97 Å². The first kappa shape index (κ1) is 14.6. The second kappa shape index (κ2) is 6.56. The summed E-state index contributed by atoms with van der Waals surface area (Å²) in [4.78, 5) is 26.4. The van der Waals surface area contributed by atoms with E-state index in [1.165, 1.54) is 0 Å². The van der Waals surface area contributed by atoms with Crippen molar-refractivity contribution in [1.29, 1.82) is 0 Å². The van der Waals surface area contributed by atoms with E-state index in [1.807, 2.05) is 11.0 Å². The van der Waals surface area contributed by atoms with Gasteiger partial charge in [-0.05, 0) is 25.0 Å². The van der Waals surface area contributed by atoms with Crippen molar-refractivity contribution < 1.29 is 19.1 Å². The average Bonchev–Trinajstić information content (AvgIpc) is 3.12. The van der Waals surface area contributed by atoms with E-state index >= 15 is 0 Å². The first-order valence-electron chi connectivity index (χ1n) is 6.78. The van der Waals surface area contributed by atoms with E-state index in [0.29, 0.717) is 19.1 Å². The number of hydrogen-bond donors (Lipinski definition) is 1. The predicted octanol–water partition coefficient (Wildman–Crippen LogP) is 1.18. The molecule has 6 nitrogen and oxygen atoms in total. The van der Waals surface area contributed by atoms with Crippen molar-refractivity contribution in [2.45, 2.75) is 31.8 Å². The molecule has 1 aliphatic rings. The molecular formula is C14H20N2O4. The fraction of sp³-hybridized carbons (Fsp3) is 0.571. The van der Waals surface area contributed by atoms with Crippen LogP contribution in [0.2, 0.25) is 0 Å². The van der Waals surface area contributed by atoms with Crippen LogP contribution in [0.25, 0.3) is 0 Å². The molecule has 1 aliphatic carbocycles. The summed E-state index contributed by atoms with van der Waals surface area (Å²) in [6, 6.07) is 3.99. The quantitative estimate of drug-likeness (QED) is 0.774. The number of amides is 1. The highest BCUT2D eigenvalue weighted by molar-refractivity contribution is 5.78. The summed E-state index contributed by atoms with van der Waals surface area (Å²) < 4.78 is 5.21. The van der Waals surface area contributed by atoms with Crippen molar-refractivity contribution in [2.24, 2.45) is 0 Å². The summed E-state index contributed by atoms with van der Waals surface area (Å²) in [5.74, 6) is -0.102. The molecule has 0 spiro atoms. The van der Waals surface area contributed by atoms with Gasteiger partial charge in [0.15, 0.2) is 0 Å². The van der Waals surface area contributed by atoms with Gasteiger partial charge >= 0.3 is 5.97 Å². The number of carboxylic acids is 1. The Kier molecular flexibility index (Phi) is 4.79. The molecular weight excluding hydrogens is 260 g/mol. The Labute approximate surface area is 118 Å². The molecule has 1 N–H and O–H groups in total. The van der Waals surface area contributed by atoms with Gasteiger partial charge in [0.05, 0.1) is 25.8 Å². The monoisotopic (exact) mass is 280 g/mol. The molecule has 0 radical (unpaired) electrons. The van der Waals surface area contributed by atoms with Crippen LogP contribution in [0.5, 0.6) is 0 Å². The van der Waals surface area contributed by atoms with Gasteiger partial charge in [-0.3, -0.25) is 14.5 Å². The van der Waals surface area contributed by atoms with Gasteiger partial charge in [-0.2, -0.15) is 0 Å². The Morgan fingerprint density at radius 3 is 2.75 bits per heavy atom. The Bertz CT molecular complexity index is 454. The summed E-state index contributed by atoms with van der Waals surface area (Å²) in [6.07, 6.45) is 3.76. The van der Waals surface area contributed by atoms with Crippen LogP contribution >= 0.6 is 0 Å². The highest BCUT2D eigenvalue weighted by atomic mass is 16.4. The van der Waals surface area contributed by atoms with Crippen LogP contribution in [0.4, 0.5) is 0 Å². The second-order valence-corrected chi connectivity index (χ2v) is 5.17. The maximum absolute atomic E-state index is 12.2. The van der Waals surface area contributed by atoms with Crippen LogP contribution < -0.4 is 0 Å². The molecule has 1 aromatic heterocycles. The fourth-order valence-corrected chi connectivity index (χ4v) is 2.09. The molecule has 0 bridgehead atoms. The molecule has 1 heterocycles. The minimum Gasteiger partial charge on any atom is -0.481 e. The number of furan rings is 1. The molecule has 1 amide bonds. The molecule has 1 saturated carbocycles. The number of rotatable bonds is 8. The summed E-state index contributed by atoms with van der Waals surface area (Å²) in [7, 11) is 1.73. The number of likely N-dealkylation sites (N-methyl/N-ethyl adjacent to an activating group) is 1. The second-order valence-electron chi connectivity index (χ2n) is 5.17. The van der Waals surface area contributed by atoms with Gasteiger partial charge < -0.3 is 14.4 Å². The predicted molar refractivity (Wildman–Crippen MR) is 72.0 cm³/mol. The zero-order valence-electron chi connectivity index (χ0n) is 11.6. The number of carboxylic acid groups (broad SMARTS) is 1. The van der Waals surface area contributed by atoms with Crippen LogP contribution in [0, 0.1) is 0 Å². The zero-order valence-corrected chi connectivity index (χ0v) is 11.6. The molecule has 2 rings (SSSR count). The molecule has 0 unspecified atom stereocenters. The largest absolute Gasteiger partial charge is 0.481 e. The van der Waals surface area contributed by atoms with Crippen molar-refractivity contribution in [2.75, 3.05) is 20.1 Å². The lowest BCUT2D eigenvalue weighted by molar-refractivity contribution is -0.138. The minimum absolute atomic E-state index is 0.0151. The van der Waals surface area contributed by atoms with Crippen LogP contribution in [0.1, 0.15) is 25.0 Å². The minimum atomic E-state index is -0.827. The molecule has 20 heavy (non-hydrogen) atoms. The van der Waals surface area contributed by atoms with E-state index in [-0.39, 0.29) is 18.9 Å². The summed E-state index contributed by atoms with van der Waals surface area (Å²) in [5.41, 5.74) is 0. The Morgan fingerprint density at radius 1 is 1.45 bits per heavy atom. The van der Waals surface area contributed by atoms with Crippen molar-refractivity contribution in [3.05, 3.63) is 24.2 Å². The third kappa shape index (κ3) is 4.38. The van der Waals surface area contributed by atoms with Crippen LogP contribution in [0.3, 0.4) is 0 Å². The van der Waals surface area contributed by atoms with Gasteiger partial charge in [-0.1, -0.05) is 0 Å². The Morgan fingerprint density at radius 2 is 2.20 bits per heavy atom. The number of aliphatic carboxylic acids is 1. The summed E-state index contributed by atoms with van der Waals surface area (Å²) in [5, 5.41) is 8.74. The molecule has 1 fully saturated rings. The SMILES string of the molecule is CN(Cc1ccco1)C(=O)CN(CCC(=O)O)C1CC1. The maximum atomic E-state index is 12.2. The molecule has 6 heteroatoms. The molecule has 1 aromatic rings. The topological polar surface area (TPSA) is 74.0 Å². The third-order valence-corrected chi connectivity index (χ3v) is 3.41. The molecule has 0 aromatic carbocycles. The van der Waals surface area contributed by atoms with Gasteiger partial charge in [0.1, 0.15) is 5.76 Å². The first-order valence-corrected chi connectivity index (χ1v) is 6.78.